The molecule has 1 aliphatic rings. The Kier molecular flexibility index (Phi) is 8.40. The van der Waals surface area contributed by atoms with E-state index in [-0.39, 0.29) is 23.9 Å². The van der Waals surface area contributed by atoms with E-state index in [4.69, 9.17) is 4.74 Å². The molecule has 36 heavy (non-hydrogen) atoms. The lowest BCUT2D eigenvalue weighted by Gasteiger charge is -2.41. The number of methoxy groups -OCH3 is 1. The molecule has 0 bridgehead atoms. The normalized spacial score (nSPS) is 20.0. The van der Waals surface area contributed by atoms with Crippen LogP contribution in [0.2, 0.25) is 0 Å². The van der Waals surface area contributed by atoms with Crippen molar-refractivity contribution in [2.75, 3.05) is 13.7 Å². The Morgan fingerprint density at radius 3 is 2.19 bits per heavy atom. The van der Waals surface area contributed by atoms with Crippen LogP contribution >= 0.6 is 0 Å². The van der Waals surface area contributed by atoms with Crippen molar-refractivity contribution in [1.82, 2.24) is 14.8 Å². The van der Waals surface area contributed by atoms with Gasteiger partial charge in [0.2, 0.25) is 0 Å². The van der Waals surface area contributed by atoms with Crippen LogP contribution in [-0.2, 0) is 22.2 Å². The molecule has 0 saturated heterocycles. The number of hydrogen-bond acceptors (Lipinski definition) is 4. The maximum atomic E-state index is 13.0. The summed E-state index contributed by atoms with van der Waals surface area (Å²) in [5, 5.41) is 3.11. The number of para-hydroxylation sites is 1. The van der Waals surface area contributed by atoms with E-state index in [2.05, 4.69) is 26.9 Å². The highest BCUT2D eigenvalue weighted by atomic mass is 32.2. The first-order chi connectivity index (χ1) is 17.4. The Balaban J connectivity index is 1.41. The number of benzene rings is 3. The van der Waals surface area contributed by atoms with Crippen LogP contribution in [-0.4, -0.2) is 34.0 Å². The maximum Gasteiger partial charge on any atom is 0.277 e. The van der Waals surface area contributed by atoms with Gasteiger partial charge in [0.25, 0.3) is 16.1 Å². The predicted octanol–water partition coefficient (Wildman–Crippen LogP) is 3.93. The van der Waals surface area contributed by atoms with Crippen molar-refractivity contribution in [3.05, 3.63) is 102 Å². The number of ether oxygens (including phenoxy) is 1. The Hall–Kier alpha value is -3.20. The summed E-state index contributed by atoms with van der Waals surface area (Å²) in [7, 11) is -2.08. The van der Waals surface area contributed by atoms with Crippen molar-refractivity contribution in [2.24, 2.45) is 0 Å². The molecule has 0 spiro atoms. The van der Waals surface area contributed by atoms with E-state index in [1.54, 1.807) is 19.2 Å². The third kappa shape index (κ3) is 6.51. The molecular weight excluding hydrogens is 474 g/mol. The van der Waals surface area contributed by atoms with Crippen LogP contribution in [0.25, 0.3) is 0 Å². The van der Waals surface area contributed by atoms with Crippen LogP contribution in [0.1, 0.15) is 47.2 Å². The van der Waals surface area contributed by atoms with Crippen molar-refractivity contribution >= 4 is 16.1 Å². The summed E-state index contributed by atoms with van der Waals surface area (Å²) >= 11 is 0. The van der Waals surface area contributed by atoms with E-state index in [1.165, 1.54) is 0 Å². The molecule has 3 aromatic rings. The number of hydrogen-bond donors (Lipinski definition) is 3. The Morgan fingerprint density at radius 1 is 0.917 bits per heavy atom. The molecule has 8 heteroatoms. The topological polar surface area (TPSA) is 96.5 Å². The molecule has 0 aliphatic heterocycles. The largest absolute Gasteiger partial charge is 0.496 e. The third-order valence-electron chi connectivity index (χ3n) is 6.90. The highest BCUT2D eigenvalue weighted by Crippen LogP contribution is 2.39. The zero-order valence-electron chi connectivity index (χ0n) is 20.4. The fourth-order valence-electron chi connectivity index (χ4n) is 4.86. The zero-order chi connectivity index (χ0) is 25.4. The van der Waals surface area contributed by atoms with Gasteiger partial charge >= 0.3 is 0 Å². The van der Waals surface area contributed by atoms with Gasteiger partial charge in [0.05, 0.1) is 12.7 Å². The maximum absolute atomic E-state index is 13.0. The Bertz CT molecular complexity index is 1240. The smallest absolute Gasteiger partial charge is 0.277 e. The quantitative estimate of drug-likeness (QED) is 0.387. The molecular formula is C28H33N3O4S. The molecule has 4 rings (SSSR count). The van der Waals surface area contributed by atoms with Gasteiger partial charge in [-0.15, -0.1) is 0 Å². The third-order valence-corrected chi connectivity index (χ3v) is 8.07. The molecule has 1 fully saturated rings. The number of rotatable bonds is 10. The second-order valence-corrected chi connectivity index (χ2v) is 10.8. The first-order valence-corrected chi connectivity index (χ1v) is 13.7. The van der Waals surface area contributed by atoms with Gasteiger partial charge in [0.1, 0.15) is 5.75 Å². The van der Waals surface area contributed by atoms with Crippen LogP contribution in [0.3, 0.4) is 0 Å². The molecule has 7 nitrogen and oxygen atoms in total. The molecule has 0 aromatic heterocycles. The Morgan fingerprint density at radius 2 is 1.53 bits per heavy atom. The molecule has 0 unspecified atom stereocenters. The SMILES string of the molecule is COc1ccccc1C(=O)NC[C@]1(c2ccccc2)CC[C@H](NS(=O)(=O)NCc2ccccc2)CC1. The molecule has 3 aromatic carbocycles. The second-order valence-electron chi connectivity index (χ2n) is 9.23. The Labute approximate surface area is 213 Å². The lowest BCUT2D eigenvalue weighted by molar-refractivity contribution is 0.0932. The van der Waals surface area contributed by atoms with E-state index < -0.39 is 10.2 Å². The summed E-state index contributed by atoms with van der Waals surface area (Å²) < 4.78 is 36.1. The number of carbonyl (C=O) groups is 1. The zero-order valence-corrected chi connectivity index (χ0v) is 21.3. The summed E-state index contributed by atoms with van der Waals surface area (Å²) in [4.78, 5) is 13.0. The van der Waals surface area contributed by atoms with Gasteiger partial charge in [-0.3, -0.25) is 4.79 Å². The van der Waals surface area contributed by atoms with Crippen LogP contribution in [0.5, 0.6) is 5.75 Å². The van der Waals surface area contributed by atoms with Gasteiger partial charge in [-0.1, -0.05) is 72.8 Å². The highest BCUT2D eigenvalue weighted by Gasteiger charge is 2.38. The minimum atomic E-state index is -3.63. The summed E-state index contributed by atoms with van der Waals surface area (Å²) in [6.07, 6.45) is 2.83. The van der Waals surface area contributed by atoms with Crippen molar-refractivity contribution in [3.63, 3.8) is 0 Å². The fraction of sp³-hybridized carbons (Fsp3) is 0.321. The molecule has 1 aliphatic carbocycles. The molecule has 3 N–H and O–H groups in total. The van der Waals surface area contributed by atoms with E-state index in [0.29, 0.717) is 30.7 Å². The van der Waals surface area contributed by atoms with Crippen molar-refractivity contribution < 1.29 is 17.9 Å². The van der Waals surface area contributed by atoms with Crippen molar-refractivity contribution in [1.29, 1.82) is 0 Å². The van der Waals surface area contributed by atoms with Crippen molar-refractivity contribution in [3.8, 4) is 5.75 Å². The first-order valence-electron chi connectivity index (χ1n) is 12.2. The van der Waals surface area contributed by atoms with E-state index in [9.17, 15) is 13.2 Å². The standard InChI is InChI=1S/C28H33N3O4S/c1-35-26-15-9-8-14-25(26)27(32)29-21-28(23-12-6-3-7-13-23)18-16-24(17-19-28)31-36(33,34)30-20-22-10-4-2-5-11-22/h2-15,24,30-31H,16-21H2,1H3,(H,29,32)/t24-,28-. The van der Waals surface area contributed by atoms with Gasteiger partial charge in [0, 0.05) is 24.5 Å². The van der Waals surface area contributed by atoms with Crippen LogP contribution in [0.15, 0.2) is 84.9 Å². The van der Waals surface area contributed by atoms with E-state index >= 15 is 0 Å². The first kappa shape index (κ1) is 25.9. The molecule has 1 amide bonds. The number of nitrogens with one attached hydrogen (secondary N) is 3. The predicted molar refractivity (Wildman–Crippen MR) is 141 cm³/mol. The lowest BCUT2D eigenvalue weighted by atomic mass is 9.68. The average Bonchev–Trinajstić information content (AvgIpc) is 2.92. The van der Waals surface area contributed by atoms with Crippen LogP contribution in [0.4, 0.5) is 0 Å². The van der Waals surface area contributed by atoms with Crippen molar-refractivity contribution in [2.45, 2.75) is 43.7 Å². The highest BCUT2D eigenvalue weighted by molar-refractivity contribution is 7.87. The van der Waals surface area contributed by atoms with E-state index in [1.807, 2.05) is 60.7 Å². The summed E-state index contributed by atoms with van der Waals surface area (Å²) in [6.45, 7) is 0.700. The number of amides is 1. The van der Waals surface area contributed by atoms with Gasteiger partial charge in [-0.05, 0) is 48.9 Å². The molecule has 1 saturated carbocycles. The summed E-state index contributed by atoms with van der Waals surface area (Å²) in [6, 6.07) is 26.6. The van der Waals surface area contributed by atoms with Crippen LogP contribution < -0.4 is 19.5 Å². The van der Waals surface area contributed by atoms with E-state index in [0.717, 1.165) is 24.0 Å². The van der Waals surface area contributed by atoms with Gasteiger partial charge in [0.15, 0.2) is 0 Å². The minimum absolute atomic E-state index is 0.167. The fourth-order valence-corrected chi connectivity index (χ4v) is 5.97. The molecule has 0 radical (unpaired) electrons. The molecule has 0 heterocycles. The van der Waals surface area contributed by atoms with Gasteiger partial charge in [-0.25, -0.2) is 0 Å². The lowest BCUT2D eigenvalue weighted by Crippen LogP contribution is -2.49. The number of carbonyl (C=O) groups excluding carboxylic acids is 1. The van der Waals surface area contributed by atoms with Gasteiger partial charge in [-0.2, -0.15) is 17.9 Å². The minimum Gasteiger partial charge on any atom is -0.496 e. The summed E-state index contributed by atoms with van der Waals surface area (Å²) in [5.41, 5.74) is 2.27. The second kappa shape index (κ2) is 11.7. The molecule has 0 atom stereocenters. The summed E-state index contributed by atoms with van der Waals surface area (Å²) in [5.74, 6) is 0.348. The average molecular weight is 508 g/mol. The van der Waals surface area contributed by atoms with Crippen LogP contribution in [0, 0.1) is 0 Å². The van der Waals surface area contributed by atoms with Gasteiger partial charge < -0.3 is 10.1 Å². The molecule has 190 valence electrons. The monoisotopic (exact) mass is 507 g/mol.